The van der Waals surface area contributed by atoms with Crippen LogP contribution in [-0.4, -0.2) is 64.5 Å². The lowest BCUT2D eigenvalue weighted by atomic mass is 10.0. The number of nitrogens with zero attached hydrogens (tertiary/aromatic N) is 5. The van der Waals surface area contributed by atoms with E-state index in [2.05, 4.69) is 5.10 Å². The summed E-state index contributed by atoms with van der Waals surface area (Å²) in [6, 6.07) is 0.183. The molecule has 0 bridgehead atoms. The molecule has 0 aliphatic carbocycles. The molecule has 8 nitrogen and oxygen atoms in total. The average molecular weight is 430 g/mol. The summed E-state index contributed by atoms with van der Waals surface area (Å²) >= 11 is 1.45. The molecule has 0 aromatic carbocycles. The van der Waals surface area contributed by atoms with Gasteiger partial charge in [0, 0.05) is 37.3 Å². The molecule has 2 aliphatic rings. The predicted molar refractivity (Wildman–Crippen MR) is 115 cm³/mol. The van der Waals surface area contributed by atoms with Crippen molar-refractivity contribution in [2.45, 2.75) is 46.7 Å². The van der Waals surface area contributed by atoms with E-state index in [1.807, 2.05) is 37.3 Å². The molecule has 0 fully saturated rings. The Balaban J connectivity index is 1.68. The largest absolute Gasteiger partial charge is 0.333 e. The second-order valence-corrected chi connectivity index (χ2v) is 9.44. The lowest BCUT2D eigenvalue weighted by molar-refractivity contribution is -0.118. The normalized spacial score (nSPS) is 16.8. The van der Waals surface area contributed by atoms with Crippen LogP contribution >= 0.6 is 11.3 Å². The topological polar surface area (TPSA) is 78.8 Å². The Kier molecular flexibility index (Phi) is 4.96. The van der Waals surface area contributed by atoms with Crippen LogP contribution in [0.4, 0.5) is 5.00 Å². The van der Waals surface area contributed by atoms with E-state index < -0.39 is 0 Å². The van der Waals surface area contributed by atoms with Gasteiger partial charge in [-0.25, -0.2) is 0 Å². The molecule has 2 aliphatic heterocycles. The third kappa shape index (κ3) is 3.03. The highest BCUT2D eigenvalue weighted by atomic mass is 32.1. The first-order valence-corrected chi connectivity index (χ1v) is 10.9. The number of rotatable bonds is 2. The Morgan fingerprint density at radius 2 is 1.83 bits per heavy atom. The monoisotopic (exact) mass is 429 g/mol. The van der Waals surface area contributed by atoms with E-state index in [4.69, 9.17) is 0 Å². The minimum absolute atomic E-state index is 0.0287. The van der Waals surface area contributed by atoms with Crippen molar-refractivity contribution in [3.8, 4) is 0 Å². The number of hydrogen-bond acceptors (Lipinski definition) is 5. The van der Waals surface area contributed by atoms with E-state index in [9.17, 15) is 14.4 Å². The minimum atomic E-state index is -0.120. The first-order valence-electron chi connectivity index (χ1n) is 10.1. The van der Waals surface area contributed by atoms with Crippen LogP contribution in [0.3, 0.4) is 0 Å². The molecule has 3 amide bonds. The Bertz CT molecular complexity index is 1070. The molecule has 2 aromatic heterocycles. The number of thiophene rings is 1. The summed E-state index contributed by atoms with van der Waals surface area (Å²) in [5, 5.41) is 5.24. The van der Waals surface area contributed by atoms with Gasteiger partial charge in [-0.3, -0.25) is 19.1 Å². The standard InChI is InChI=1S/C21H27N5O3S/c1-11(2)26-13(4)17(12(3)22-26)20(29)25-8-7-14-15(9-25)30-21-18(14)19(28)23(5)10-16(27)24(21)6/h11H,7-10H2,1-6H3. The molecule has 9 heteroatoms. The zero-order chi connectivity index (χ0) is 21.9. The van der Waals surface area contributed by atoms with E-state index in [1.54, 1.807) is 19.0 Å². The molecule has 4 rings (SSSR count). The molecule has 2 aromatic rings. The number of amides is 3. The van der Waals surface area contributed by atoms with E-state index in [1.165, 1.54) is 16.2 Å². The van der Waals surface area contributed by atoms with Gasteiger partial charge >= 0.3 is 0 Å². The quantitative estimate of drug-likeness (QED) is 0.734. The molecular formula is C21H27N5O3S. The maximum absolute atomic E-state index is 13.4. The molecule has 30 heavy (non-hydrogen) atoms. The summed E-state index contributed by atoms with van der Waals surface area (Å²) in [5.41, 5.74) is 3.87. The summed E-state index contributed by atoms with van der Waals surface area (Å²) in [6.07, 6.45) is 0.602. The van der Waals surface area contributed by atoms with Crippen LogP contribution in [0.1, 0.15) is 62.4 Å². The molecule has 0 unspecified atom stereocenters. The number of carbonyl (C=O) groups is 3. The van der Waals surface area contributed by atoms with Gasteiger partial charge in [0.05, 0.1) is 23.4 Å². The van der Waals surface area contributed by atoms with Crippen molar-refractivity contribution >= 4 is 34.1 Å². The van der Waals surface area contributed by atoms with Crippen molar-refractivity contribution in [2.75, 3.05) is 32.1 Å². The summed E-state index contributed by atoms with van der Waals surface area (Å²) < 4.78 is 1.89. The summed E-state index contributed by atoms with van der Waals surface area (Å²) in [7, 11) is 3.37. The zero-order valence-electron chi connectivity index (χ0n) is 18.3. The molecule has 4 heterocycles. The third-order valence-electron chi connectivity index (χ3n) is 5.97. The summed E-state index contributed by atoms with van der Waals surface area (Å²) in [4.78, 5) is 44.5. The van der Waals surface area contributed by atoms with Crippen molar-refractivity contribution < 1.29 is 14.4 Å². The van der Waals surface area contributed by atoms with Gasteiger partial charge in [0.25, 0.3) is 11.8 Å². The van der Waals surface area contributed by atoms with Crippen LogP contribution in [0.25, 0.3) is 0 Å². The highest BCUT2D eigenvalue weighted by molar-refractivity contribution is 7.17. The summed E-state index contributed by atoms with van der Waals surface area (Å²) in [6.45, 7) is 8.96. The smallest absolute Gasteiger partial charge is 0.257 e. The maximum Gasteiger partial charge on any atom is 0.257 e. The van der Waals surface area contributed by atoms with Gasteiger partial charge in [0.1, 0.15) is 11.5 Å². The van der Waals surface area contributed by atoms with Crippen LogP contribution in [0.15, 0.2) is 0 Å². The second kappa shape index (κ2) is 7.23. The molecule has 0 saturated carbocycles. The number of carbonyl (C=O) groups excluding carboxylic acids is 3. The second-order valence-electron chi connectivity index (χ2n) is 8.36. The van der Waals surface area contributed by atoms with E-state index in [0.29, 0.717) is 35.6 Å². The Morgan fingerprint density at radius 3 is 2.47 bits per heavy atom. The SMILES string of the molecule is Cc1nn(C(C)C)c(C)c1C(=O)N1CCc2c(sc3c2C(=O)N(C)CC(=O)N3C)C1. The number of aryl methyl sites for hydroxylation is 1. The van der Waals surface area contributed by atoms with E-state index >= 15 is 0 Å². The fourth-order valence-electron chi connectivity index (χ4n) is 4.34. The zero-order valence-corrected chi connectivity index (χ0v) is 19.1. The van der Waals surface area contributed by atoms with Gasteiger partial charge in [-0.15, -0.1) is 11.3 Å². The van der Waals surface area contributed by atoms with Gasteiger partial charge in [-0.1, -0.05) is 0 Å². The van der Waals surface area contributed by atoms with Gasteiger partial charge in [-0.05, 0) is 39.7 Å². The Hall–Kier alpha value is -2.68. The van der Waals surface area contributed by atoms with E-state index in [-0.39, 0.29) is 30.3 Å². The highest BCUT2D eigenvalue weighted by Gasteiger charge is 2.37. The van der Waals surface area contributed by atoms with Gasteiger partial charge < -0.3 is 14.7 Å². The number of fused-ring (bicyclic) bond motifs is 3. The minimum Gasteiger partial charge on any atom is -0.333 e. The van der Waals surface area contributed by atoms with Crippen molar-refractivity contribution in [1.29, 1.82) is 0 Å². The van der Waals surface area contributed by atoms with Crippen LogP contribution in [0, 0.1) is 13.8 Å². The van der Waals surface area contributed by atoms with Crippen molar-refractivity contribution in [1.82, 2.24) is 19.6 Å². The summed E-state index contributed by atoms with van der Waals surface area (Å²) in [5.74, 6) is -0.257. The Morgan fingerprint density at radius 1 is 1.13 bits per heavy atom. The lowest BCUT2D eigenvalue weighted by Gasteiger charge is -2.28. The maximum atomic E-state index is 13.4. The third-order valence-corrected chi connectivity index (χ3v) is 7.26. The molecule has 0 atom stereocenters. The van der Waals surface area contributed by atoms with Crippen LogP contribution in [0.2, 0.25) is 0 Å². The first kappa shape index (κ1) is 20.6. The van der Waals surface area contributed by atoms with Gasteiger partial charge in [0.2, 0.25) is 5.91 Å². The van der Waals surface area contributed by atoms with Crippen LogP contribution in [0.5, 0.6) is 0 Å². The van der Waals surface area contributed by atoms with Crippen molar-refractivity contribution in [3.63, 3.8) is 0 Å². The fraction of sp³-hybridized carbons (Fsp3) is 0.524. The molecule has 0 radical (unpaired) electrons. The lowest BCUT2D eigenvalue weighted by Crippen LogP contribution is -2.37. The number of hydrogen-bond donors (Lipinski definition) is 0. The van der Waals surface area contributed by atoms with Crippen molar-refractivity contribution in [3.05, 3.63) is 33.0 Å². The van der Waals surface area contributed by atoms with Crippen LogP contribution in [-0.2, 0) is 17.8 Å². The Labute approximate surface area is 180 Å². The number of anilines is 1. The van der Waals surface area contributed by atoms with Gasteiger partial charge in [-0.2, -0.15) is 5.10 Å². The molecular weight excluding hydrogens is 402 g/mol. The molecule has 0 saturated heterocycles. The fourth-order valence-corrected chi connectivity index (χ4v) is 5.67. The molecule has 0 spiro atoms. The predicted octanol–water partition coefficient (Wildman–Crippen LogP) is 2.39. The number of likely N-dealkylation sites (N-methyl/N-ethyl adjacent to an activating group) is 2. The first-order chi connectivity index (χ1) is 14.1. The van der Waals surface area contributed by atoms with E-state index in [0.717, 1.165) is 21.8 Å². The van der Waals surface area contributed by atoms with Crippen molar-refractivity contribution in [2.24, 2.45) is 0 Å². The highest BCUT2D eigenvalue weighted by Crippen LogP contribution is 2.41. The number of aromatic nitrogens is 2. The van der Waals surface area contributed by atoms with Crippen LogP contribution < -0.4 is 4.90 Å². The van der Waals surface area contributed by atoms with Gasteiger partial charge in [0.15, 0.2) is 0 Å². The average Bonchev–Trinajstić information content (AvgIpc) is 3.20. The molecule has 0 N–H and O–H groups in total. The molecule has 160 valence electrons.